The zero-order valence-electron chi connectivity index (χ0n) is 10.6. The predicted octanol–water partition coefficient (Wildman–Crippen LogP) is 2.97. The van der Waals surface area contributed by atoms with Gasteiger partial charge in [0.1, 0.15) is 5.76 Å². The second-order valence-corrected chi connectivity index (χ2v) is 4.55. The average molecular weight is 279 g/mol. The Kier molecular flexibility index (Phi) is 4.60. The Morgan fingerprint density at radius 2 is 2.16 bits per heavy atom. The summed E-state index contributed by atoms with van der Waals surface area (Å²) in [4.78, 5) is 11.8. The molecule has 0 saturated carbocycles. The van der Waals surface area contributed by atoms with Gasteiger partial charge in [0, 0.05) is 10.7 Å². The van der Waals surface area contributed by atoms with Crippen LogP contribution in [0.5, 0.6) is 0 Å². The number of nitrogens with one attached hydrogen (secondary N) is 2. The van der Waals surface area contributed by atoms with E-state index in [2.05, 4.69) is 10.6 Å². The van der Waals surface area contributed by atoms with Gasteiger partial charge >= 0.3 is 0 Å². The smallest absolute Gasteiger partial charge is 0.238 e. The first-order valence-corrected chi connectivity index (χ1v) is 6.32. The molecule has 1 aromatic heterocycles. The van der Waals surface area contributed by atoms with Crippen molar-refractivity contribution >= 4 is 23.2 Å². The van der Waals surface area contributed by atoms with Crippen molar-refractivity contribution < 1.29 is 9.21 Å². The van der Waals surface area contributed by atoms with Crippen molar-refractivity contribution in [2.75, 3.05) is 11.9 Å². The Labute approximate surface area is 116 Å². The molecule has 0 unspecified atom stereocenters. The predicted molar refractivity (Wildman–Crippen MR) is 75.2 cm³/mol. The van der Waals surface area contributed by atoms with E-state index in [0.717, 1.165) is 17.0 Å². The van der Waals surface area contributed by atoms with Crippen LogP contribution in [0, 0.1) is 6.92 Å². The number of halogens is 1. The third-order valence-corrected chi connectivity index (χ3v) is 3.12. The van der Waals surface area contributed by atoms with Crippen LogP contribution in [0.25, 0.3) is 0 Å². The standard InChI is InChI=1S/C14H15ClN2O2/c1-10-12(15)5-2-6-13(10)17-14(18)9-16-8-11-4-3-7-19-11/h2-7,16H,8-9H2,1H3,(H,17,18). The van der Waals surface area contributed by atoms with Crippen molar-refractivity contribution in [1.82, 2.24) is 5.32 Å². The maximum absolute atomic E-state index is 11.8. The average Bonchev–Trinajstić information content (AvgIpc) is 2.88. The van der Waals surface area contributed by atoms with Crippen LogP contribution in [0.15, 0.2) is 41.0 Å². The van der Waals surface area contributed by atoms with E-state index in [4.69, 9.17) is 16.0 Å². The van der Waals surface area contributed by atoms with Crippen molar-refractivity contribution in [3.05, 3.63) is 52.9 Å². The van der Waals surface area contributed by atoms with E-state index < -0.39 is 0 Å². The summed E-state index contributed by atoms with van der Waals surface area (Å²) in [6.45, 7) is 2.61. The topological polar surface area (TPSA) is 54.3 Å². The van der Waals surface area contributed by atoms with Gasteiger partial charge in [-0.25, -0.2) is 0 Å². The summed E-state index contributed by atoms with van der Waals surface area (Å²) < 4.78 is 5.16. The number of amides is 1. The molecular formula is C14H15ClN2O2. The number of hydrogen-bond acceptors (Lipinski definition) is 3. The highest BCUT2D eigenvalue weighted by Gasteiger charge is 2.06. The highest BCUT2D eigenvalue weighted by Crippen LogP contribution is 2.22. The lowest BCUT2D eigenvalue weighted by molar-refractivity contribution is -0.115. The fourth-order valence-corrected chi connectivity index (χ4v) is 1.82. The number of furan rings is 1. The minimum absolute atomic E-state index is 0.114. The summed E-state index contributed by atoms with van der Waals surface area (Å²) in [7, 11) is 0. The van der Waals surface area contributed by atoms with Crippen molar-refractivity contribution in [2.24, 2.45) is 0 Å². The molecule has 1 amide bonds. The lowest BCUT2D eigenvalue weighted by Gasteiger charge is -2.09. The minimum Gasteiger partial charge on any atom is -0.468 e. The third-order valence-electron chi connectivity index (χ3n) is 2.71. The molecule has 0 spiro atoms. The Morgan fingerprint density at radius 3 is 2.89 bits per heavy atom. The molecule has 5 heteroatoms. The monoisotopic (exact) mass is 278 g/mol. The van der Waals surface area contributed by atoms with E-state index in [1.165, 1.54) is 0 Å². The Bertz CT molecular complexity index is 553. The van der Waals surface area contributed by atoms with Crippen LogP contribution in [0.1, 0.15) is 11.3 Å². The first kappa shape index (κ1) is 13.6. The summed E-state index contributed by atoms with van der Waals surface area (Å²) in [5, 5.41) is 6.46. The molecule has 0 bridgehead atoms. The molecule has 1 heterocycles. The van der Waals surface area contributed by atoms with Gasteiger partial charge < -0.3 is 15.1 Å². The zero-order chi connectivity index (χ0) is 13.7. The SMILES string of the molecule is Cc1c(Cl)cccc1NC(=O)CNCc1ccco1. The maximum Gasteiger partial charge on any atom is 0.238 e. The van der Waals surface area contributed by atoms with Gasteiger partial charge in [0.15, 0.2) is 0 Å². The number of anilines is 1. The van der Waals surface area contributed by atoms with Gasteiger partial charge in [-0.3, -0.25) is 4.79 Å². The van der Waals surface area contributed by atoms with E-state index in [1.54, 1.807) is 18.4 Å². The molecule has 4 nitrogen and oxygen atoms in total. The summed E-state index contributed by atoms with van der Waals surface area (Å²) >= 11 is 5.99. The fraction of sp³-hybridized carbons (Fsp3) is 0.214. The summed E-state index contributed by atoms with van der Waals surface area (Å²) in [6, 6.07) is 9.09. The molecule has 2 N–H and O–H groups in total. The lowest BCUT2D eigenvalue weighted by atomic mass is 10.2. The highest BCUT2D eigenvalue weighted by atomic mass is 35.5. The molecule has 0 aliphatic rings. The minimum atomic E-state index is -0.114. The third kappa shape index (κ3) is 3.84. The normalized spacial score (nSPS) is 10.4. The van der Waals surface area contributed by atoms with Crippen LogP contribution in [-0.4, -0.2) is 12.5 Å². The van der Waals surface area contributed by atoms with Crippen LogP contribution in [-0.2, 0) is 11.3 Å². The molecule has 2 aromatic rings. The molecule has 0 fully saturated rings. The summed E-state index contributed by atoms with van der Waals surface area (Å²) in [5.41, 5.74) is 1.60. The Balaban J connectivity index is 1.82. The first-order valence-electron chi connectivity index (χ1n) is 5.95. The van der Waals surface area contributed by atoms with E-state index in [1.807, 2.05) is 25.1 Å². The molecule has 19 heavy (non-hydrogen) atoms. The van der Waals surface area contributed by atoms with Gasteiger partial charge in [0.25, 0.3) is 0 Å². The van der Waals surface area contributed by atoms with Crippen molar-refractivity contribution in [3.63, 3.8) is 0 Å². The Morgan fingerprint density at radius 1 is 1.32 bits per heavy atom. The molecular weight excluding hydrogens is 264 g/mol. The van der Waals surface area contributed by atoms with E-state index in [0.29, 0.717) is 11.6 Å². The molecule has 2 rings (SSSR count). The van der Waals surface area contributed by atoms with Crippen molar-refractivity contribution in [1.29, 1.82) is 0 Å². The van der Waals surface area contributed by atoms with Gasteiger partial charge in [0.05, 0.1) is 19.4 Å². The summed E-state index contributed by atoms with van der Waals surface area (Å²) in [5.74, 6) is 0.684. The number of rotatable bonds is 5. The quantitative estimate of drug-likeness (QED) is 0.884. The molecule has 1 aromatic carbocycles. The molecule has 0 aliphatic carbocycles. The lowest BCUT2D eigenvalue weighted by Crippen LogP contribution is -2.27. The first-order chi connectivity index (χ1) is 9.16. The summed E-state index contributed by atoms with van der Waals surface area (Å²) in [6.07, 6.45) is 1.60. The van der Waals surface area contributed by atoms with Gasteiger partial charge in [0.2, 0.25) is 5.91 Å². The van der Waals surface area contributed by atoms with Gasteiger partial charge in [-0.1, -0.05) is 17.7 Å². The van der Waals surface area contributed by atoms with Crippen LogP contribution < -0.4 is 10.6 Å². The number of benzene rings is 1. The van der Waals surface area contributed by atoms with E-state index in [9.17, 15) is 4.79 Å². The van der Waals surface area contributed by atoms with Crippen molar-refractivity contribution in [2.45, 2.75) is 13.5 Å². The molecule has 100 valence electrons. The second kappa shape index (κ2) is 6.41. The van der Waals surface area contributed by atoms with E-state index in [-0.39, 0.29) is 12.5 Å². The molecule has 0 saturated heterocycles. The van der Waals surface area contributed by atoms with Crippen LogP contribution in [0.2, 0.25) is 5.02 Å². The number of hydrogen-bond donors (Lipinski definition) is 2. The molecule has 0 aliphatic heterocycles. The highest BCUT2D eigenvalue weighted by molar-refractivity contribution is 6.31. The van der Waals surface area contributed by atoms with Gasteiger partial charge in [-0.2, -0.15) is 0 Å². The molecule has 0 atom stereocenters. The zero-order valence-corrected chi connectivity index (χ0v) is 11.3. The van der Waals surface area contributed by atoms with Gasteiger partial charge in [-0.15, -0.1) is 0 Å². The van der Waals surface area contributed by atoms with Crippen LogP contribution in [0.4, 0.5) is 5.69 Å². The van der Waals surface area contributed by atoms with Crippen LogP contribution >= 0.6 is 11.6 Å². The van der Waals surface area contributed by atoms with Crippen molar-refractivity contribution in [3.8, 4) is 0 Å². The number of carbonyl (C=O) groups is 1. The largest absolute Gasteiger partial charge is 0.468 e. The fourth-order valence-electron chi connectivity index (χ4n) is 1.65. The number of carbonyl (C=O) groups excluding carboxylic acids is 1. The van der Waals surface area contributed by atoms with Gasteiger partial charge in [-0.05, 0) is 36.8 Å². The molecule has 0 radical (unpaired) electrons. The second-order valence-electron chi connectivity index (χ2n) is 4.14. The van der Waals surface area contributed by atoms with Crippen LogP contribution in [0.3, 0.4) is 0 Å². The Hall–Kier alpha value is -1.78. The van der Waals surface area contributed by atoms with E-state index >= 15 is 0 Å². The maximum atomic E-state index is 11.8.